The second-order valence-electron chi connectivity index (χ2n) is 6.59. The van der Waals surface area contributed by atoms with Gasteiger partial charge >= 0.3 is 0 Å². The highest BCUT2D eigenvalue weighted by Crippen LogP contribution is 2.15. The summed E-state index contributed by atoms with van der Waals surface area (Å²) in [5, 5.41) is 0. The SMILES string of the molecule is CC(COc1ccc(/C=C\c2ccccc2)cc1)[N+](C)(C)C. The van der Waals surface area contributed by atoms with Crippen LogP contribution in [0.25, 0.3) is 12.2 Å². The normalized spacial score (nSPS) is 13.3. The first-order valence-corrected chi connectivity index (χ1v) is 7.72. The Kier molecular flexibility index (Phi) is 5.40. The van der Waals surface area contributed by atoms with Crippen LogP contribution in [0.2, 0.25) is 0 Å². The van der Waals surface area contributed by atoms with Crippen molar-refractivity contribution in [2.45, 2.75) is 13.0 Å². The highest BCUT2D eigenvalue weighted by Gasteiger charge is 2.18. The van der Waals surface area contributed by atoms with Gasteiger partial charge in [-0.05, 0) is 30.2 Å². The number of rotatable bonds is 6. The zero-order valence-electron chi connectivity index (χ0n) is 14.0. The monoisotopic (exact) mass is 296 g/mol. The predicted octanol–water partition coefficient (Wildman–Crippen LogP) is 4.33. The van der Waals surface area contributed by atoms with Gasteiger partial charge in [0.05, 0.1) is 21.1 Å². The lowest BCUT2D eigenvalue weighted by Crippen LogP contribution is -2.46. The number of likely N-dealkylation sites (N-methyl/N-ethyl adjacent to an activating group) is 1. The fraction of sp³-hybridized carbons (Fsp3) is 0.300. The van der Waals surface area contributed by atoms with Gasteiger partial charge in [0.1, 0.15) is 18.4 Å². The summed E-state index contributed by atoms with van der Waals surface area (Å²) in [6.45, 7) is 2.93. The smallest absolute Gasteiger partial charge is 0.140 e. The molecule has 2 aromatic rings. The zero-order chi connectivity index (χ0) is 16.0. The Hall–Kier alpha value is -2.06. The Morgan fingerprint density at radius 2 is 1.41 bits per heavy atom. The molecule has 0 bridgehead atoms. The van der Waals surface area contributed by atoms with Gasteiger partial charge < -0.3 is 9.22 Å². The van der Waals surface area contributed by atoms with Crippen LogP contribution in [-0.4, -0.2) is 38.3 Å². The van der Waals surface area contributed by atoms with E-state index in [0.29, 0.717) is 6.04 Å². The molecule has 0 aromatic heterocycles. The summed E-state index contributed by atoms with van der Waals surface area (Å²) in [6.07, 6.45) is 4.24. The van der Waals surface area contributed by atoms with E-state index in [4.69, 9.17) is 4.74 Å². The number of hydrogen-bond donors (Lipinski definition) is 0. The van der Waals surface area contributed by atoms with Gasteiger partial charge in [-0.25, -0.2) is 0 Å². The molecule has 1 atom stereocenters. The maximum atomic E-state index is 5.87. The maximum Gasteiger partial charge on any atom is 0.140 e. The topological polar surface area (TPSA) is 9.23 Å². The lowest BCUT2D eigenvalue weighted by molar-refractivity contribution is -0.894. The molecule has 0 saturated heterocycles. The standard InChI is InChI=1S/C20H26NO/c1-17(21(2,3)4)16-22-20-14-12-19(13-15-20)11-10-18-8-6-5-7-9-18/h5-15,17H,16H2,1-4H3/q+1/b11-10-. The number of nitrogens with zero attached hydrogens (tertiary/aromatic N) is 1. The predicted molar refractivity (Wildman–Crippen MR) is 94.8 cm³/mol. The van der Waals surface area contributed by atoms with Crippen LogP contribution in [0, 0.1) is 0 Å². The minimum Gasteiger partial charge on any atom is -0.487 e. The molecule has 2 nitrogen and oxygen atoms in total. The first kappa shape index (κ1) is 16.3. The molecular weight excluding hydrogens is 270 g/mol. The third-order valence-electron chi connectivity index (χ3n) is 3.96. The Labute approximate surface area is 134 Å². The van der Waals surface area contributed by atoms with Gasteiger partial charge in [0.2, 0.25) is 0 Å². The highest BCUT2D eigenvalue weighted by molar-refractivity contribution is 5.69. The molecule has 0 aliphatic heterocycles. The lowest BCUT2D eigenvalue weighted by Gasteiger charge is -2.31. The van der Waals surface area contributed by atoms with Crippen LogP contribution in [0.4, 0.5) is 0 Å². The largest absolute Gasteiger partial charge is 0.487 e. The Balaban J connectivity index is 1.92. The third-order valence-corrected chi connectivity index (χ3v) is 3.96. The molecule has 22 heavy (non-hydrogen) atoms. The van der Waals surface area contributed by atoms with E-state index in [0.717, 1.165) is 16.8 Å². The number of benzene rings is 2. The second kappa shape index (κ2) is 7.28. The van der Waals surface area contributed by atoms with Gasteiger partial charge in [-0.1, -0.05) is 54.6 Å². The molecule has 0 fully saturated rings. The number of ether oxygens (including phenoxy) is 1. The molecule has 0 spiro atoms. The molecule has 2 rings (SSSR count). The highest BCUT2D eigenvalue weighted by atomic mass is 16.5. The van der Waals surface area contributed by atoms with E-state index in [2.05, 4.69) is 64.5 Å². The molecule has 0 radical (unpaired) electrons. The second-order valence-corrected chi connectivity index (χ2v) is 6.59. The molecule has 0 amide bonds. The van der Waals surface area contributed by atoms with E-state index >= 15 is 0 Å². The van der Waals surface area contributed by atoms with Crippen molar-refractivity contribution in [1.29, 1.82) is 0 Å². The zero-order valence-corrected chi connectivity index (χ0v) is 14.0. The number of quaternary nitrogens is 1. The summed E-state index contributed by atoms with van der Waals surface area (Å²) in [4.78, 5) is 0. The molecule has 0 N–H and O–H groups in total. The van der Waals surface area contributed by atoms with Gasteiger partial charge in [-0.15, -0.1) is 0 Å². The minimum absolute atomic E-state index is 0.456. The molecule has 1 unspecified atom stereocenters. The fourth-order valence-electron chi connectivity index (χ4n) is 1.87. The molecule has 0 aliphatic rings. The molecular formula is C20H26NO+. The Morgan fingerprint density at radius 3 is 1.95 bits per heavy atom. The average Bonchev–Trinajstić information content (AvgIpc) is 2.51. The van der Waals surface area contributed by atoms with Gasteiger partial charge in [0.25, 0.3) is 0 Å². The van der Waals surface area contributed by atoms with Crippen molar-refractivity contribution in [2.75, 3.05) is 27.7 Å². The van der Waals surface area contributed by atoms with Crippen LogP contribution in [-0.2, 0) is 0 Å². The van der Waals surface area contributed by atoms with Crippen LogP contribution < -0.4 is 4.74 Å². The van der Waals surface area contributed by atoms with E-state index in [-0.39, 0.29) is 0 Å². The van der Waals surface area contributed by atoms with Crippen molar-refractivity contribution in [2.24, 2.45) is 0 Å². The molecule has 0 heterocycles. The van der Waals surface area contributed by atoms with Crippen molar-refractivity contribution < 1.29 is 9.22 Å². The van der Waals surface area contributed by atoms with E-state index < -0.39 is 0 Å². The fourth-order valence-corrected chi connectivity index (χ4v) is 1.87. The van der Waals surface area contributed by atoms with Crippen LogP contribution in [0.15, 0.2) is 54.6 Å². The first-order chi connectivity index (χ1) is 10.4. The Morgan fingerprint density at radius 1 is 0.864 bits per heavy atom. The van der Waals surface area contributed by atoms with E-state index in [1.54, 1.807) is 0 Å². The van der Waals surface area contributed by atoms with E-state index in [9.17, 15) is 0 Å². The quantitative estimate of drug-likeness (QED) is 0.569. The van der Waals surface area contributed by atoms with E-state index in [1.807, 2.05) is 30.3 Å². The summed E-state index contributed by atoms with van der Waals surface area (Å²) in [6, 6.07) is 19.0. The van der Waals surface area contributed by atoms with Crippen molar-refractivity contribution in [3.8, 4) is 5.75 Å². The minimum atomic E-state index is 0.456. The summed E-state index contributed by atoms with van der Waals surface area (Å²) >= 11 is 0. The van der Waals surface area contributed by atoms with Gasteiger partial charge in [0, 0.05) is 0 Å². The third kappa shape index (κ3) is 5.05. The van der Waals surface area contributed by atoms with E-state index in [1.165, 1.54) is 11.1 Å². The summed E-state index contributed by atoms with van der Waals surface area (Å²) in [7, 11) is 6.56. The summed E-state index contributed by atoms with van der Waals surface area (Å²) in [5.74, 6) is 0.928. The molecule has 0 aliphatic carbocycles. The molecule has 2 heteroatoms. The van der Waals surface area contributed by atoms with Crippen molar-refractivity contribution >= 4 is 12.2 Å². The average molecular weight is 296 g/mol. The first-order valence-electron chi connectivity index (χ1n) is 7.72. The number of hydrogen-bond acceptors (Lipinski definition) is 1. The molecule has 0 saturated carbocycles. The van der Waals surface area contributed by atoms with Crippen molar-refractivity contribution in [1.82, 2.24) is 0 Å². The van der Waals surface area contributed by atoms with Crippen LogP contribution in [0.5, 0.6) is 5.75 Å². The van der Waals surface area contributed by atoms with Crippen LogP contribution >= 0.6 is 0 Å². The van der Waals surface area contributed by atoms with Crippen LogP contribution in [0.3, 0.4) is 0 Å². The molecule has 116 valence electrons. The van der Waals surface area contributed by atoms with Crippen LogP contribution in [0.1, 0.15) is 18.1 Å². The maximum absolute atomic E-state index is 5.87. The van der Waals surface area contributed by atoms with Crippen molar-refractivity contribution in [3.05, 3.63) is 65.7 Å². The van der Waals surface area contributed by atoms with Gasteiger partial charge in [-0.2, -0.15) is 0 Å². The van der Waals surface area contributed by atoms with Crippen molar-refractivity contribution in [3.63, 3.8) is 0 Å². The summed E-state index contributed by atoms with van der Waals surface area (Å²) < 4.78 is 6.77. The Bertz CT molecular complexity index is 594. The summed E-state index contributed by atoms with van der Waals surface area (Å²) in [5.41, 5.74) is 2.38. The lowest BCUT2D eigenvalue weighted by atomic mass is 10.1. The van der Waals surface area contributed by atoms with Gasteiger partial charge in [0.15, 0.2) is 0 Å². The molecule has 2 aromatic carbocycles. The van der Waals surface area contributed by atoms with Gasteiger partial charge in [-0.3, -0.25) is 0 Å².